The number of imide groups is 1. The summed E-state index contributed by atoms with van der Waals surface area (Å²) in [5.74, 6) is -1.22. The Labute approximate surface area is 167 Å². The smallest absolute Gasteiger partial charge is 0.260 e. The number of fused-ring (bicyclic) bond motifs is 1. The molecular formula is C21H19N3O5. The number of methoxy groups -OCH3 is 2. The number of para-hydroxylation sites is 2. The highest BCUT2D eigenvalue weighted by atomic mass is 16.5. The van der Waals surface area contributed by atoms with Gasteiger partial charge in [-0.3, -0.25) is 19.4 Å². The van der Waals surface area contributed by atoms with Crippen molar-refractivity contribution in [2.24, 2.45) is 11.0 Å². The number of rotatable bonds is 5. The topological polar surface area (TPSA) is 88.5 Å². The molecule has 0 N–H and O–H groups in total. The van der Waals surface area contributed by atoms with E-state index in [9.17, 15) is 14.4 Å². The fraction of sp³-hybridized carbons (Fsp3) is 0.238. The molecular weight excluding hydrogens is 374 g/mol. The van der Waals surface area contributed by atoms with Gasteiger partial charge in [0.25, 0.3) is 5.91 Å². The van der Waals surface area contributed by atoms with Gasteiger partial charge in [0.1, 0.15) is 29.2 Å². The summed E-state index contributed by atoms with van der Waals surface area (Å²) in [4.78, 5) is 39.9. The van der Waals surface area contributed by atoms with Crippen LogP contribution < -0.4 is 19.4 Å². The first-order chi connectivity index (χ1) is 14.0. The Hall–Kier alpha value is -3.68. The van der Waals surface area contributed by atoms with Crippen molar-refractivity contribution in [3.05, 3.63) is 48.5 Å². The largest absolute Gasteiger partial charge is 0.497 e. The number of ketones is 1. The molecule has 148 valence electrons. The van der Waals surface area contributed by atoms with Gasteiger partial charge in [0.2, 0.25) is 5.91 Å². The molecule has 0 bridgehead atoms. The number of Topliss-reactive ketones (excluding diaryl/α,β-unsaturated/α-hetero) is 1. The van der Waals surface area contributed by atoms with Crippen LogP contribution in [0.2, 0.25) is 0 Å². The van der Waals surface area contributed by atoms with E-state index in [0.29, 0.717) is 22.9 Å². The summed E-state index contributed by atoms with van der Waals surface area (Å²) in [5, 5.41) is 5.77. The molecule has 0 spiro atoms. The average molecular weight is 393 g/mol. The van der Waals surface area contributed by atoms with E-state index in [1.165, 1.54) is 19.0 Å². The highest BCUT2D eigenvalue weighted by molar-refractivity contribution is 6.49. The summed E-state index contributed by atoms with van der Waals surface area (Å²) in [6, 6.07) is 12.8. The Morgan fingerprint density at radius 2 is 1.66 bits per heavy atom. The van der Waals surface area contributed by atoms with E-state index in [4.69, 9.17) is 9.47 Å². The van der Waals surface area contributed by atoms with Gasteiger partial charge < -0.3 is 9.47 Å². The van der Waals surface area contributed by atoms with Crippen molar-refractivity contribution in [2.45, 2.75) is 13.0 Å². The summed E-state index contributed by atoms with van der Waals surface area (Å²) < 4.78 is 10.5. The summed E-state index contributed by atoms with van der Waals surface area (Å²) in [6.07, 6.45) is 0. The molecule has 4 rings (SSSR count). The number of ether oxygens (including phenoxy) is 2. The number of hydrogen-bond donors (Lipinski definition) is 0. The fourth-order valence-corrected chi connectivity index (χ4v) is 3.70. The van der Waals surface area contributed by atoms with Gasteiger partial charge in [-0.15, -0.1) is 0 Å². The molecule has 2 heterocycles. The van der Waals surface area contributed by atoms with Crippen LogP contribution in [0.25, 0.3) is 0 Å². The minimum atomic E-state index is -0.966. The molecule has 2 aliphatic heterocycles. The van der Waals surface area contributed by atoms with Gasteiger partial charge in [0, 0.05) is 6.92 Å². The Morgan fingerprint density at radius 1 is 0.966 bits per heavy atom. The second-order valence-corrected chi connectivity index (χ2v) is 6.69. The number of anilines is 2. The predicted octanol–water partition coefficient (Wildman–Crippen LogP) is 2.03. The summed E-state index contributed by atoms with van der Waals surface area (Å²) in [7, 11) is 3.02. The van der Waals surface area contributed by atoms with Crippen LogP contribution in [-0.4, -0.2) is 43.6 Å². The molecule has 0 aromatic heterocycles. The molecule has 2 aromatic carbocycles. The van der Waals surface area contributed by atoms with Crippen molar-refractivity contribution < 1.29 is 23.9 Å². The van der Waals surface area contributed by atoms with Crippen molar-refractivity contribution >= 4 is 34.7 Å². The fourth-order valence-electron chi connectivity index (χ4n) is 3.70. The Kier molecular flexibility index (Phi) is 4.54. The normalized spacial score (nSPS) is 20.6. The van der Waals surface area contributed by atoms with Crippen LogP contribution in [0.5, 0.6) is 11.5 Å². The maximum Gasteiger partial charge on any atom is 0.260 e. The first kappa shape index (κ1) is 18.7. The van der Waals surface area contributed by atoms with E-state index in [1.807, 2.05) is 0 Å². The molecule has 2 aliphatic rings. The number of carbonyl (C=O) groups excluding carboxylic acids is 3. The maximum atomic E-state index is 13.3. The highest BCUT2D eigenvalue weighted by Gasteiger charge is 2.58. The average Bonchev–Trinajstić information content (AvgIpc) is 3.25. The van der Waals surface area contributed by atoms with Crippen molar-refractivity contribution in [1.29, 1.82) is 0 Å². The van der Waals surface area contributed by atoms with Gasteiger partial charge in [-0.25, -0.2) is 4.90 Å². The standard InChI is InChI=1S/C21H19N3O5/c1-12(25)18-17-19(24(22-18)13-8-10-14(28-2)11-9-13)21(27)23(20(17)26)15-6-4-5-7-16(15)29-3/h4-11,17,19H,1-3H3. The molecule has 2 unspecified atom stereocenters. The summed E-state index contributed by atoms with van der Waals surface area (Å²) in [5.41, 5.74) is 0.999. The molecule has 1 saturated heterocycles. The number of hydrazone groups is 1. The molecule has 8 heteroatoms. The van der Waals surface area contributed by atoms with E-state index in [0.717, 1.165) is 4.90 Å². The SMILES string of the molecule is COc1ccc(N2N=C(C(C)=O)C3C(=O)N(c4ccccc4OC)C(=O)C32)cc1. The first-order valence-corrected chi connectivity index (χ1v) is 9.01. The zero-order valence-electron chi connectivity index (χ0n) is 16.2. The number of carbonyl (C=O) groups is 3. The monoisotopic (exact) mass is 393 g/mol. The van der Waals surface area contributed by atoms with E-state index in [1.54, 1.807) is 55.6 Å². The molecule has 1 fully saturated rings. The van der Waals surface area contributed by atoms with Gasteiger partial charge in [-0.05, 0) is 36.4 Å². The highest BCUT2D eigenvalue weighted by Crippen LogP contribution is 2.40. The molecule has 8 nitrogen and oxygen atoms in total. The molecule has 0 aliphatic carbocycles. The minimum absolute atomic E-state index is 0.0709. The van der Waals surface area contributed by atoms with E-state index < -0.39 is 23.8 Å². The van der Waals surface area contributed by atoms with Crippen molar-refractivity contribution in [2.75, 3.05) is 24.1 Å². The lowest BCUT2D eigenvalue weighted by Crippen LogP contribution is -2.39. The Bertz CT molecular complexity index is 1030. The van der Waals surface area contributed by atoms with E-state index in [-0.39, 0.29) is 11.5 Å². The summed E-state index contributed by atoms with van der Waals surface area (Å²) in [6.45, 7) is 1.34. The molecule has 2 atom stereocenters. The van der Waals surface area contributed by atoms with E-state index >= 15 is 0 Å². The van der Waals surface area contributed by atoms with Crippen molar-refractivity contribution in [1.82, 2.24) is 0 Å². The molecule has 2 aromatic rings. The van der Waals surface area contributed by atoms with Gasteiger partial charge in [-0.2, -0.15) is 5.10 Å². The van der Waals surface area contributed by atoms with Crippen LogP contribution in [0.3, 0.4) is 0 Å². The molecule has 0 radical (unpaired) electrons. The quantitative estimate of drug-likeness (QED) is 0.723. The van der Waals surface area contributed by atoms with E-state index in [2.05, 4.69) is 5.10 Å². The predicted molar refractivity (Wildman–Crippen MR) is 106 cm³/mol. The van der Waals surface area contributed by atoms with Crippen LogP contribution >= 0.6 is 0 Å². The van der Waals surface area contributed by atoms with Crippen LogP contribution in [0.15, 0.2) is 53.6 Å². The van der Waals surface area contributed by atoms with Crippen LogP contribution in [0, 0.1) is 5.92 Å². The van der Waals surface area contributed by atoms with Crippen LogP contribution in [-0.2, 0) is 14.4 Å². The minimum Gasteiger partial charge on any atom is -0.497 e. The third-order valence-corrected chi connectivity index (χ3v) is 5.07. The van der Waals surface area contributed by atoms with Gasteiger partial charge in [0.15, 0.2) is 5.78 Å². The zero-order chi connectivity index (χ0) is 20.7. The lowest BCUT2D eigenvalue weighted by atomic mass is 9.95. The summed E-state index contributed by atoms with van der Waals surface area (Å²) >= 11 is 0. The molecule has 29 heavy (non-hydrogen) atoms. The Morgan fingerprint density at radius 3 is 2.28 bits per heavy atom. The lowest BCUT2D eigenvalue weighted by molar-refractivity contribution is -0.122. The van der Waals surface area contributed by atoms with Crippen LogP contribution in [0.1, 0.15) is 6.92 Å². The first-order valence-electron chi connectivity index (χ1n) is 9.01. The van der Waals surface area contributed by atoms with Crippen LogP contribution in [0.4, 0.5) is 11.4 Å². The molecule has 0 saturated carbocycles. The lowest BCUT2D eigenvalue weighted by Gasteiger charge is -2.23. The second-order valence-electron chi connectivity index (χ2n) is 6.69. The maximum absolute atomic E-state index is 13.3. The Balaban J connectivity index is 1.79. The number of nitrogens with zero attached hydrogens (tertiary/aromatic N) is 3. The van der Waals surface area contributed by atoms with Crippen molar-refractivity contribution in [3.63, 3.8) is 0 Å². The van der Waals surface area contributed by atoms with Gasteiger partial charge >= 0.3 is 0 Å². The third-order valence-electron chi connectivity index (χ3n) is 5.07. The zero-order valence-corrected chi connectivity index (χ0v) is 16.2. The third kappa shape index (κ3) is 2.84. The number of hydrogen-bond acceptors (Lipinski definition) is 7. The van der Waals surface area contributed by atoms with Crippen molar-refractivity contribution in [3.8, 4) is 11.5 Å². The second kappa shape index (κ2) is 7.05. The molecule has 2 amide bonds. The van der Waals surface area contributed by atoms with Gasteiger partial charge in [0.05, 0.1) is 25.6 Å². The van der Waals surface area contributed by atoms with Gasteiger partial charge in [-0.1, -0.05) is 12.1 Å². The number of amides is 2. The number of benzene rings is 2.